The maximum absolute atomic E-state index is 13.7. The minimum absolute atomic E-state index is 0.525. The topological polar surface area (TPSA) is 93.2 Å². The Morgan fingerprint density at radius 3 is 1.50 bits per heavy atom. The second-order valence-electron chi connectivity index (χ2n) is 5.34. The van der Waals surface area contributed by atoms with E-state index in [4.69, 9.17) is 11.5 Å². The van der Waals surface area contributed by atoms with Crippen molar-refractivity contribution in [3.8, 4) is 0 Å². The molecule has 6 N–H and O–H groups in total. The van der Waals surface area contributed by atoms with Gasteiger partial charge >= 0.3 is 0 Å². The predicted octanol–water partition coefficient (Wildman–Crippen LogP) is 3.89. The Balaban J connectivity index is 2.03. The van der Waals surface area contributed by atoms with Crippen molar-refractivity contribution in [3.05, 3.63) is 78.9 Å². The third kappa shape index (κ3) is 3.36. The minimum Gasteiger partial charge on any atom is -0.397 e. The second kappa shape index (κ2) is 6.69. The van der Waals surface area contributed by atoms with E-state index in [1.807, 2.05) is 42.5 Å². The first-order chi connectivity index (χ1) is 11.6. The van der Waals surface area contributed by atoms with E-state index in [-0.39, 0.29) is 0 Å². The van der Waals surface area contributed by atoms with Crippen LogP contribution in [0.25, 0.3) is 0 Å². The standard InChI is InChI=1S/C18H19N4OP/c19-15-10-4-6-12-17(15)21-24(23,14-8-2-1-3-9-14)22-18-13-7-5-11-16(18)20/h1-13H,19-20H2,(H2,21,22,23). The molecule has 0 radical (unpaired) electrons. The third-order valence-corrected chi connectivity index (χ3v) is 5.73. The predicted molar refractivity (Wildman–Crippen MR) is 103 cm³/mol. The zero-order valence-corrected chi connectivity index (χ0v) is 13.9. The van der Waals surface area contributed by atoms with Crippen LogP contribution in [-0.2, 0) is 4.57 Å². The van der Waals surface area contributed by atoms with Gasteiger partial charge in [0.05, 0.1) is 28.1 Å². The summed E-state index contributed by atoms with van der Waals surface area (Å²) in [5, 5.41) is 6.79. The van der Waals surface area contributed by atoms with Gasteiger partial charge in [0.2, 0.25) is 0 Å². The number of nitrogens with one attached hydrogen (secondary N) is 2. The number of anilines is 4. The summed E-state index contributed by atoms with van der Waals surface area (Å²) >= 11 is 0. The molecule has 0 amide bonds. The van der Waals surface area contributed by atoms with E-state index in [1.165, 1.54) is 0 Å². The fraction of sp³-hybridized carbons (Fsp3) is 0. The fourth-order valence-corrected chi connectivity index (χ4v) is 4.32. The molecule has 0 unspecified atom stereocenters. The zero-order chi connectivity index (χ0) is 17.0. The Morgan fingerprint density at radius 1 is 0.625 bits per heavy atom. The molecule has 0 spiro atoms. The third-order valence-electron chi connectivity index (χ3n) is 3.60. The second-order valence-corrected chi connectivity index (χ2v) is 7.53. The highest BCUT2D eigenvalue weighted by Crippen LogP contribution is 2.46. The molecule has 0 heterocycles. The summed E-state index contributed by atoms with van der Waals surface area (Å²) < 4.78 is 13.7. The molecule has 0 fully saturated rings. The summed E-state index contributed by atoms with van der Waals surface area (Å²) in [5.41, 5.74) is 14.2. The van der Waals surface area contributed by atoms with Crippen molar-refractivity contribution in [3.63, 3.8) is 0 Å². The molecule has 0 atom stereocenters. The summed E-state index contributed by atoms with van der Waals surface area (Å²) in [6, 6.07) is 23.6. The molecule has 0 saturated carbocycles. The van der Waals surface area contributed by atoms with Crippen LogP contribution >= 0.6 is 7.44 Å². The van der Waals surface area contributed by atoms with Crippen LogP contribution in [0.5, 0.6) is 0 Å². The SMILES string of the molecule is Nc1ccccc1NP(=O)(Nc1ccccc1N)c1ccccc1. The molecule has 5 nitrogen and oxygen atoms in total. The van der Waals surface area contributed by atoms with E-state index >= 15 is 0 Å². The lowest BCUT2D eigenvalue weighted by Crippen LogP contribution is -2.19. The van der Waals surface area contributed by atoms with Gasteiger partial charge in [-0.2, -0.15) is 0 Å². The van der Waals surface area contributed by atoms with Gasteiger partial charge in [-0.15, -0.1) is 0 Å². The number of nitrogens with two attached hydrogens (primary N) is 2. The number of nitrogen functional groups attached to an aromatic ring is 2. The highest BCUT2D eigenvalue weighted by Gasteiger charge is 2.26. The summed E-state index contributed by atoms with van der Waals surface area (Å²) in [7, 11) is -3.23. The van der Waals surface area contributed by atoms with E-state index in [1.54, 1.807) is 36.4 Å². The summed E-state index contributed by atoms with van der Waals surface area (Å²) in [5.74, 6) is 0. The molecule has 0 bridgehead atoms. The van der Waals surface area contributed by atoms with Crippen LogP contribution < -0.4 is 26.9 Å². The highest BCUT2D eigenvalue weighted by atomic mass is 31.2. The van der Waals surface area contributed by atoms with E-state index < -0.39 is 7.44 Å². The molecule has 24 heavy (non-hydrogen) atoms. The Morgan fingerprint density at radius 2 is 1.04 bits per heavy atom. The van der Waals surface area contributed by atoms with Crippen molar-refractivity contribution >= 4 is 35.5 Å². The van der Waals surface area contributed by atoms with Crippen molar-refractivity contribution in [1.82, 2.24) is 0 Å². The van der Waals surface area contributed by atoms with Gasteiger partial charge in [-0.3, -0.25) is 4.57 Å². The molecule has 6 heteroatoms. The van der Waals surface area contributed by atoms with Crippen molar-refractivity contribution in [1.29, 1.82) is 0 Å². The molecule has 3 rings (SSSR count). The molecule has 0 aliphatic heterocycles. The van der Waals surface area contributed by atoms with Crippen molar-refractivity contribution in [2.75, 3.05) is 21.6 Å². The summed E-state index contributed by atoms with van der Waals surface area (Å²) in [4.78, 5) is 0. The van der Waals surface area contributed by atoms with Crippen LogP contribution in [0.4, 0.5) is 22.7 Å². The molecule has 0 saturated heterocycles. The van der Waals surface area contributed by atoms with E-state index in [0.29, 0.717) is 28.1 Å². The molecular formula is C18H19N4OP. The molecule has 0 aromatic heterocycles. The monoisotopic (exact) mass is 338 g/mol. The number of benzene rings is 3. The first-order valence-corrected chi connectivity index (χ1v) is 9.20. The van der Waals surface area contributed by atoms with Gasteiger partial charge in [0.15, 0.2) is 0 Å². The van der Waals surface area contributed by atoms with Crippen molar-refractivity contribution in [2.24, 2.45) is 0 Å². The number of rotatable bonds is 5. The van der Waals surface area contributed by atoms with Crippen LogP contribution in [0.3, 0.4) is 0 Å². The molecule has 3 aromatic rings. The van der Waals surface area contributed by atoms with E-state index in [2.05, 4.69) is 10.2 Å². The van der Waals surface area contributed by atoms with Gasteiger partial charge in [0.25, 0.3) is 7.44 Å². The molecule has 0 aliphatic rings. The van der Waals surface area contributed by atoms with Gasteiger partial charge in [-0.05, 0) is 36.4 Å². The molecular weight excluding hydrogens is 319 g/mol. The van der Waals surface area contributed by atoms with Crippen LogP contribution in [0.15, 0.2) is 78.9 Å². The van der Waals surface area contributed by atoms with Gasteiger partial charge in [0.1, 0.15) is 0 Å². The van der Waals surface area contributed by atoms with Crippen molar-refractivity contribution in [2.45, 2.75) is 0 Å². The van der Waals surface area contributed by atoms with Gasteiger partial charge < -0.3 is 21.6 Å². The Kier molecular flexibility index (Phi) is 4.45. The Hall–Kier alpha value is -2.91. The summed E-state index contributed by atoms with van der Waals surface area (Å²) in [6.07, 6.45) is 0. The maximum Gasteiger partial charge on any atom is 0.287 e. The van der Waals surface area contributed by atoms with Gasteiger partial charge in [-0.25, -0.2) is 0 Å². The average molecular weight is 338 g/mol. The quantitative estimate of drug-likeness (QED) is 0.418. The lowest BCUT2D eigenvalue weighted by Gasteiger charge is -2.24. The average Bonchev–Trinajstić information content (AvgIpc) is 2.60. The zero-order valence-electron chi connectivity index (χ0n) is 13.0. The van der Waals surface area contributed by atoms with Crippen LogP contribution in [0, 0.1) is 0 Å². The minimum atomic E-state index is -3.23. The fourth-order valence-electron chi connectivity index (χ4n) is 2.33. The normalized spacial score (nSPS) is 11.0. The van der Waals surface area contributed by atoms with E-state index in [9.17, 15) is 4.57 Å². The number of hydrogen-bond acceptors (Lipinski definition) is 3. The smallest absolute Gasteiger partial charge is 0.287 e. The van der Waals surface area contributed by atoms with Crippen LogP contribution in [-0.4, -0.2) is 0 Å². The Bertz CT molecular complexity index is 831. The lowest BCUT2D eigenvalue weighted by molar-refractivity contribution is 0.587. The summed E-state index contributed by atoms with van der Waals surface area (Å²) in [6.45, 7) is 0. The Labute approximate surface area is 141 Å². The molecule has 3 aromatic carbocycles. The van der Waals surface area contributed by atoms with Gasteiger partial charge in [0, 0.05) is 0 Å². The van der Waals surface area contributed by atoms with E-state index in [0.717, 1.165) is 0 Å². The maximum atomic E-state index is 13.7. The number of hydrogen-bond donors (Lipinski definition) is 4. The largest absolute Gasteiger partial charge is 0.397 e. The van der Waals surface area contributed by atoms with Gasteiger partial charge in [-0.1, -0.05) is 42.5 Å². The first-order valence-electron chi connectivity index (χ1n) is 7.50. The first kappa shape index (κ1) is 16.0. The lowest BCUT2D eigenvalue weighted by atomic mass is 10.3. The molecule has 122 valence electrons. The highest BCUT2D eigenvalue weighted by molar-refractivity contribution is 7.74. The number of para-hydroxylation sites is 4. The van der Waals surface area contributed by atoms with Crippen LogP contribution in [0.1, 0.15) is 0 Å². The molecule has 0 aliphatic carbocycles. The van der Waals surface area contributed by atoms with Crippen molar-refractivity contribution < 1.29 is 4.57 Å². The van der Waals surface area contributed by atoms with Crippen LogP contribution in [0.2, 0.25) is 0 Å².